The predicted molar refractivity (Wildman–Crippen MR) is 67.9 cm³/mol. The summed E-state index contributed by atoms with van der Waals surface area (Å²) >= 11 is 1.74. The first-order valence-electron chi connectivity index (χ1n) is 5.81. The minimum atomic E-state index is -0.113. The van der Waals surface area contributed by atoms with E-state index >= 15 is 0 Å². The fraction of sp³-hybridized carbons (Fsp3) is 0.667. The first-order chi connectivity index (χ1) is 7.86. The molecule has 0 atom stereocenters. The van der Waals surface area contributed by atoms with Gasteiger partial charge in [-0.15, -0.1) is 0 Å². The molecule has 0 aromatic carbocycles. The summed E-state index contributed by atoms with van der Waals surface area (Å²) in [7, 11) is 0. The topological polar surface area (TPSA) is 30.5 Å². The summed E-state index contributed by atoms with van der Waals surface area (Å²) < 4.78 is 10.9. The van der Waals surface area contributed by atoms with E-state index in [-0.39, 0.29) is 6.29 Å². The Morgan fingerprint density at radius 3 is 2.62 bits per heavy atom. The molecule has 1 aromatic rings. The van der Waals surface area contributed by atoms with Gasteiger partial charge in [-0.25, -0.2) is 0 Å². The quantitative estimate of drug-likeness (QED) is 0.533. The maximum absolute atomic E-state index is 5.44. The summed E-state index contributed by atoms with van der Waals surface area (Å²) in [5.41, 5.74) is 1.39. The molecule has 0 unspecified atom stereocenters. The summed E-state index contributed by atoms with van der Waals surface area (Å²) in [5.74, 6) is 0. The number of nitrogens with one attached hydrogen (secondary N) is 1. The molecule has 4 heteroatoms. The van der Waals surface area contributed by atoms with Gasteiger partial charge in [0.25, 0.3) is 0 Å². The highest BCUT2D eigenvalue weighted by Crippen LogP contribution is 2.05. The van der Waals surface area contributed by atoms with Crippen molar-refractivity contribution in [2.75, 3.05) is 26.3 Å². The highest BCUT2D eigenvalue weighted by atomic mass is 32.1. The zero-order valence-electron chi connectivity index (χ0n) is 10.1. The summed E-state index contributed by atoms with van der Waals surface area (Å²) in [6, 6.07) is 2.16. The number of hydrogen-bond donors (Lipinski definition) is 1. The average molecular weight is 243 g/mol. The third kappa shape index (κ3) is 5.61. The van der Waals surface area contributed by atoms with Crippen molar-refractivity contribution in [1.82, 2.24) is 5.32 Å². The molecule has 1 heterocycles. The summed E-state index contributed by atoms with van der Waals surface area (Å²) in [4.78, 5) is 0. The van der Waals surface area contributed by atoms with Gasteiger partial charge >= 0.3 is 0 Å². The second-order valence-corrected chi connectivity index (χ2v) is 4.21. The van der Waals surface area contributed by atoms with Crippen LogP contribution in [-0.4, -0.2) is 32.6 Å². The number of hydrogen-bond acceptors (Lipinski definition) is 4. The van der Waals surface area contributed by atoms with Gasteiger partial charge in [0.1, 0.15) is 0 Å². The van der Waals surface area contributed by atoms with Crippen LogP contribution >= 0.6 is 11.3 Å². The Morgan fingerprint density at radius 2 is 2.06 bits per heavy atom. The van der Waals surface area contributed by atoms with Crippen LogP contribution in [0.4, 0.5) is 0 Å². The van der Waals surface area contributed by atoms with Crippen LogP contribution in [0.2, 0.25) is 0 Å². The van der Waals surface area contributed by atoms with Crippen LogP contribution in [0, 0.1) is 0 Å². The van der Waals surface area contributed by atoms with Gasteiger partial charge in [0.2, 0.25) is 0 Å². The first-order valence-corrected chi connectivity index (χ1v) is 6.76. The molecule has 16 heavy (non-hydrogen) atoms. The molecule has 1 rings (SSSR count). The van der Waals surface area contributed by atoms with E-state index in [9.17, 15) is 0 Å². The largest absolute Gasteiger partial charge is 0.352 e. The smallest absolute Gasteiger partial charge is 0.169 e. The normalized spacial score (nSPS) is 11.2. The number of rotatable bonds is 9. The molecule has 0 saturated carbocycles. The molecule has 0 fully saturated rings. The standard InChI is InChI=1S/C12H21NO2S/c1-3-14-12(15-4-2)9-13-7-5-11-6-8-16-10-11/h6,8,10,12-13H,3-5,7,9H2,1-2H3. The van der Waals surface area contributed by atoms with Gasteiger partial charge in [0.15, 0.2) is 6.29 Å². The van der Waals surface area contributed by atoms with Crippen LogP contribution in [0.5, 0.6) is 0 Å². The summed E-state index contributed by atoms with van der Waals surface area (Å²) in [6.07, 6.45) is 0.951. The third-order valence-electron chi connectivity index (χ3n) is 2.19. The van der Waals surface area contributed by atoms with Gasteiger partial charge in [0, 0.05) is 19.8 Å². The van der Waals surface area contributed by atoms with E-state index in [1.54, 1.807) is 11.3 Å². The molecule has 92 valence electrons. The molecule has 0 spiro atoms. The van der Waals surface area contributed by atoms with Crippen molar-refractivity contribution >= 4 is 11.3 Å². The van der Waals surface area contributed by atoms with E-state index < -0.39 is 0 Å². The molecule has 0 radical (unpaired) electrons. The Hall–Kier alpha value is -0.420. The van der Waals surface area contributed by atoms with E-state index in [2.05, 4.69) is 22.1 Å². The van der Waals surface area contributed by atoms with Crippen LogP contribution in [0.15, 0.2) is 16.8 Å². The van der Waals surface area contributed by atoms with E-state index in [0.29, 0.717) is 13.2 Å². The van der Waals surface area contributed by atoms with Gasteiger partial charge in [-0.2, -0.15) is 11.3 Å². The van der Waals surface area contributed by atoms with Crippen molar-refractivity contribution in [1.29, 1.82) is 0 Å². The maximum atomic E-state index is 5.44. The molecule has 0 aliphatic carbocycles. The summed E-state index contributed by atoms with van der Waals surface area (Å²) in [5, 5.41) is 7.64. The van der Waals surface area contributed by atoms with Gasteiger partial charge in [-0.3, -0.25) is 0 Å². The Balaban J connectivity index is 2.08. The maximum Gasteiger partial charge on any atom is 0.169 e. The van der Waals surface area contributed by atoms with Gasteiger partial charge in [0.05, 0.1) is 0 Å². The van der Waals surface area contributed by atoms with Crippen molar-refractivity contribution < 1.29 is 9.47 Å². The molecule has 0 bridgehead atoms. The van der Waals surface area contributed by atoms with Crippen LogP contribution in [0.3, 0.4) is 0 Å². The lowest BCUT2D eigenvalue weighted by Crippen LogP contribution is -2.32. The zero-order chi connectivity index (χ0) is 11.6. The lowest BCUT2D eigenvalue weighted by atomic mass is 10.2. The molecule has 0 amide bonds. The van der Waals surface area contributed by atoms with Crippen LogP contribution in [-0.2, 0) is 15.9 Å². The molecule has 0 aliphatic heterocycles. The van der Waals surface area contributed by atoms with E-state index in [0.717, 1.165) is 19.5 Å². The lowest BCUT2D eigenvalue weighted by Gasteiger charge is -2.17. The molecule has 1 aromatic heterocycles. The Kier molecular flexibility index (Phi) is 7.42. The van der Waals surface area contributed by atoms with Crippen LogP contribution in [0.25, 0.3) is 0 Å². The van der Waals surface area contributed by atoms with E-state index in [1.165, 1.54) is 5.56 Å². The van der Waals surface area contributed by atoms with Crippen molar-refractivity contribution in [3.05, 3.63) is 22.4 Å². The number of ether oxygens (including phenoxy) is 2. The molecular formula is C12H21NO2S. The minimum Gasteiger partial charge on any atom is -0.352 e. The van der Waals surface area contributed by atoms with Crippen LogP contribution < -0.4 is 5.32 Å². The number of thiophene rings is 1. The molecule has 1 N–H and O–H groups in total. The van der Waals surface area contributed by atoms with Crippen LogP contribution in [0.1, 0.15) is 19.4 Å². The molecule has 0 saturated heterocycles. The van der Waals surface area contributed by atoms with Gasteiger partial charge in [-0.1, -0.05) is 0 Å². The second-order valence-electron chi connectivity index (χ2n) is 3.43. The zero-order valence-corrected chi connectivity index (χ0v) is 10.9. The Labute approximate surface area is 102 Å². The van der Waals surface area contributed by atoms with Crippen molar-refractivity contribution in [2.45, 2.75) is 26.6 Å². The third-order valence-corrected chi connectivity index (χ3v) is 2.92. The Bertz CT molecular complexity index is 246. The highest BCUT2D eigenvalue weighted by molar-refractivity contribution is 7.07. The molecular weight excluding hydrogens is 222 g/mol. The van der Waals surface area contributed by atoms with E-state index in [4.69, 9.17) is 9.47 Å². The van der Waals surface area contributed by atoms with E-state index in [1.807, 2.05) is 13.8 Å². The van der Waals surface area contributed by atoms with Gasteiger partial charge in [-0.05, 0) is 49.2 Å². The SMILES string of the molecule is CCOC(CNCCc1ccsc1)OCC. The van der Waals surface area contributed by atoms with Crippen molar-refractivity contribution in [3.63, 3.8) is 0 Å². The van der Waals surface area contributed by atoms with Crippen molar-refractivity contribution in [2.24, 2.45) is 0 Å². The summed E-state index contributed by atoms with van der Waals surface area (Å²) in [6.45, 7) is 7.07. The molecule has 0 aliphatic rings. The second kappa shape index (κ2) is 8.70. The fourth-order valence-corrected chi connectivity index (χ4v) is 2.13. The predicted octanol–water partition coefficient (Wildman–Crippen LogP) is 2.28. The Morgan fingerprint density at radius 1 is 1.31 bits per heavy atom. The van der Waals surface area contributed by atoms with Gasteiger partial charge < -0.3 is 14.8 Å². The monoisotopic (exact) mass is 243 g/mol. The average Bonchev–Trinajstić information content (AvgIpc) is 2.78. The lowest BCUT2D eigenvalue weighted by molar-refractivity contribution is -0.132. The molecule has 3 nitrogen and oxygen atoms in total. The minimum absolute atomic E-state index is 0.113. The first kappa shape index (κ1) is 13.6. The van der Waals surface area contributed by atoms with Crippen molar-refractivity contribution in [3.8, 4) is 0 Å². The fourth-order valence-electron chi connectivity index (χ4n) is 1.43. The highest BCUT2D eigenvalue weighted by Gasteiger charge is 2.06.